The zero-order valence-corrected chi connectivity index (χ0v) is 15.2. The van der Waals surface area contributed by atoms with Crippen molar-refractivity contribution in [2.45, 2.75) is 25.5 Å². The number of nitrogens with one attached hydrogen (secondary N) is 1. The van der Waals surface area contributed by atoms with Gasteiger partial charge in [-0.15, -0.1) is 12.4 Å². The predicted molar refractivity (Wildman–Crippen MR) is 99.8 cm³/mol. The molecule has 0 heterocycles. The fourth-order valence-electron chi connectivity index (χ4n) is 2.13. The molecule has 0 aliphatic heterocycles. The fraction of sp³-hybridized carbons (Fsp3) is 0.278. The molecule has 2 rings (SSSR count). The molecule has 0 saturated heterocycles. The molecular formula is C18H22Cl2N2O2. The van der Waals surface area contributed by atoms with Gasteiger partial charge < -0.3 is 15.8 Å². The quantitative estimate of drug-likeness (QED) is 0.819. The lowest BCUT2D eigenvalue weighted by atomic mass is 9.92. The molecule has 0 aliphatic rings. The average molecular weight is 369 g/mol. The Labute approximate surface area is 153 Å². The highest BCUT2D eigenvalue weighted by Crippen LogP contribution is 2.24. The second-order valence-electron chi connectivity index (χ2n) is 5.64. The molecule has 0 aromatic heterocycles. The molecule has 24 heavy (non-hydrogen) atoms. The highest BCUT2D eigenvalue weighted by atomic mass is 35.5. The highest BCUT2D eigenvalue weighted by Gasteiger charge is 2.30. The Morgan fingerprint density at radius 3 is 2.42 bits per heavy atom. The summed E-state index contributed by atoms with van der Waals surface area (Å²) in [6.07, 6.45) is -0.231. The van der Waals surface area contributed by atoms with E-state index in [1.54, 1.807) is 19.1 Å². The van der Waals surface area contributed by atoms with Crippen LogP contribution in [0.2, 0.25) is 5.02 Å². The van der Waals surface area contributed by atoms with Gasteiger partial charge in [0.05, 0.1) is 11.6 Å². The third-order valence-corrected chi connectivity index (χ3v) is 3.87. The minimum Gasteiger partial charge on any atom is -0.487 e. The topological polar surface area (TPSA) is 64.4 Å². The number of halogens is 2. The van der Waals surface area contributed by atoms with Crippen molar-refractivity contribution in [3.05, 3.63) is 65.2 Å². The minimum absolute atomic E-state index is 0. The summed E-state index contributed by atoms with van der Waals surface area (Å²) >= 11 is 6.05. The Morgan fingerprint density at radius 1 is 1.21 bits per heavy atom. The lowest BCUT2D eigenvalue weighted by molar-refractivity contribution is -0.126. The summed E-state index contributed by atoms with van der Waals surface area (Å²) < 4.78 is 5.73. The molecule has 2 aromatic rings. The summed E-state index contributed by atoms with van der Waals surface area (Å²) in [4.78, 5) is 12.4. The van der Waals surface area contributed by atoms with Crippen molar-refractivity contribution in [2.24, 2.45) is 5.73 Å². The van der Waals surface area contributed by atoms with Crippen molar-refractivity contribution in [1.29, 1.82) is 0 Å². The third kappa shape index (κ3) is 5.13. The number of benzene rings is 2. The van der Waals surface area contributed by atoms with Gasteiger partial charge in [0.15, 0.2) is 0 Å². The second-order valence-corrected chi connectivity index (χ2v) is 6.04. The summed E-state index contributed by atoms with van der Waals surface area (Å²) in [6, 6.07) is 16.5. The molecule has 0 aliphatic carbocycles. The molecule has 0 fully saturated rings. The van der Waals surface area contributed by atoms with Crippen LogP contribution < -0.4 is 15.8 Å². The van der Waals surface area contributed by atoms with Gasteiger partial charge in [-0.25, -0.2) is 0 Å². The minimum atomic E-state index is -1.09. The first-order valence-corrected chi connectivity index (χ1v) is 7.83. The molecule has 0 radical (unpaired) electrons. The van der Waals surface area contributed by atoms with E-state index in [0.717, 1.165) is 5.56 Å². The molecule has 0 spiro atoms. The van der Waals surface area contributed by atoms with Crippen LogP contribution in [-0.2, 0) is 10.3 Å². The lowest BCUT2D eigenvalue weighted by Crippen LogP contribution is -2.50. The maximum Gasteiger partial charge on any atom is 0.244 e. The SMILES string of the molecule is CC(CNC(=O)C(C)(N)c1ccccc1)Oc1ccccc1Cl.Cl. The number of ether oxygens (including phenoxy) is 1. The average Bonchev–Trinajstić information content (AvgIpc) is 2.55. The molecule has 0 bridgehead atoms. The Balaban J connectivity index is 0.00000288. The highest BCUT2D eigenvalue weighted by molar-refractivity contribution is 6.32. The smallest absolute Gasteiger partial charge is 0.244 e. The van der Waals surface area contributed by atoms with Crippen LogP contribution in [0.15, 0.2) is 54.6 Å². The van der Waals surface area contributed by atoms with E-state index >= 15 is 0 Å². The largest absolute Gasteiger partial charge is 0.487 e. The van der Waals surface area contributed by atoms with Gasteiger partial charge in [0, 0.05) is 0 Å². The molecule has 2 unspecified atom stereocenters. The summed E-state index contributed by atoms with van der Waals surface area (Å²) in [5.41, 5.74) is 5.84. The summed E-state index contributed by atoms with van der Waals surface area (Å²) in [5, 5.41) is 3.37. The van der Waals surface area contributed by atoms with Gasteiger partial charge in [-0.05, 0) is 31.5 Å². The van der Waals surface area contributed by atoms with Gasteiger partial charge in [0.25, 0.3) is 0 Å². The second kappa shape index (κ2) is 8.92. The van der Waals surface area contributed by atoms with Crippen molar-refractivity contribution in [3.63, 3.8) is 0 Å². The standard InChI is InChI=1S/C18H21ClN2O2.ClH/c1-13(23-16-11-7-6-10-15(16)19)12-21-17(22)18(2,20)14-8-4-3-5-9-14;/h3-11,13H,12,20H2,1-2H3,(H,21,22);1H. The van der Waals surface area contributed by atoms with E-state index in [4.69, 9.17) is 22.1 Å². The lowest BCUT2D eigenvalue weighted by Gasteiger charge is -2.25. The van der Waals surface area contributed by atoms with E-state index in [2.05, 4.69) is 5.32 Å². The van der Waals surface area contributed by atoms with Crippen LogP contribution >= 0.6 is 24.0 Å². The normalized spacial score (nSPS) is 14.0. The van der Waals surface area contributed by atoms with Gasteiger partial charge >= 0.3 is 0 Å². The van der Waals surface area contributed by atoms with E-state index in [0.29, 0.717) is 17.3 Å². The maximum atomic E-state index is 12.4. The number of carbonyl (C=O) groups excluding carboxylic acids is 1. The van der Waals surface area contributed by atoms with Gasteiger partial charge in [-0.1, -0.05) is 54.1 Å². The summed E-state index contributed by atoms with van der Waals surface area (Å²) in [5.74, 6) is 0.341. The van der Waals surface area contributed by atoms with Crippen LogP contribution in [0, 0.1) is 0 Å². The summed E-state index contributed by atoms with van der Waals surface area (Å²) in [6.45, 7) is 3.89. The van der Waals surface area contributed by atoms with Crippen molar-refractivity contribution in [1.82, 2.24) is 5.32 Å². The number of hydrogen-bond acceptors (Lipinski definition) is 3. The van der Waals surface area contributed by atoms with E-state index in [-0.39, 0.29) is 24.4 Å². The van der Waals surface area contributed by atoms with Crippen LogP contribution in [0.1, 0.15) is 19.4 Å². The van der Waals surface area contributed by atoms with Gasteiger partial charge in [0.2, 0.25) is 5.91 Å². The Morgan fingerprint density at radius 2 is 1.79 bits per heavy atom. The molecule has 6 heteroatoms. The molecule has 1 amide bonds. The first kappa shape index (κ1) is 20.3. The molecule has 3 N–H and O–H groups in total. The Hall–Kier alpha value is -1.75. The van der Waals surface area contributed by atoms with Crippen LogP contribution in [0.3, 0.4) is 0 Å². The Kier molecular flexibility index (Phi) is 7.55. The van der Waals surface area contributed by atoms with Crippen LogP contribution in [0.5, 0.6) is 5.75 Å². The number of para-hydroxylation sites is 1. The fourth-order valence-corrected chi connectivity index (χ4v) is 2.31. The number of nitrogens with two attached hydrogens (primary N) is 1. The van der Waals surface area contributed by atoms with Crippen molar-refractivity contribution in [2.75, 3.05) is 6.54 Å². The Bertz CT molecular complexity index is 663. The van der Waals surface area contributed by atoms with Crippen LogP contribution in [0.25, 0.3) is 0 Å². The molecule has 4 nitrogen and oxygen atoms in total. The van der Waals surface area contributed by atoms with Gasteiger partial charge in [0.1, 0.15) is 17.4 Å². The first-order valence-electron chi connectivity index (χ1n) is 7.45. The zero-order valence-electron chi connectivity index (χ0n) is 13.7. The van der Waals surface area contributed by atoms with E-state index in [1.165, 1.54) is 0 Å². The van der Waals surface area contributed by atoms with Crippen LogP contribution in [0.4, 0.5) is 0 Å². The molecule has 2 aromatic carbocycles. The monoisotopic (exact) mass is 368 g/mol. The summed E-state index contributed by atoms with van der Waals surface area (Å²) in [7, 11) is 0. The van der Waals surface area contributed by atoms with Crippen molar-refractivity contribution in [3.8, 4) is 5.75 Å². The number of carbonyl (C=O) groups is 1. The molecule has 130 valence electrons. The first-order chi connectivity index (χ1) is 10.9. The molecule has 2 atom stereocenters. The van der Waals surface area contributed by atoms with Gasteiger partial charge in [-0.3, -0.25) is 4.79 Å². The van der Waals surface area contributed by atoms with Crippen LogP contribution in [-0.4, -0.2) is 18.6 Å². The molecule has 0 saturated carbocycles. The number of hydrogen-bond donors (Lipinski definition) is 2. The van der Waals surface area contributed by atoms with Gasteiger partial charge in [-0.2, -0.15) is 0 Å². The predicted octanol–water partition coefficient (Wildman–Crippen LogP) is 3.52. The number of amides is 1. The zero-order chi connectivity index (χ0) is 16.9. The van der Waals surface area contributed by atoms with E-state index < -0.39 is 5.54 Å². The van der Waals surface area contributed by atoms with Crippen molar-refractivity contribution < 1.29 is 9.53 Å². The third-order valence-electron chi connectivity index (χ3n) is 3.56. The number of rotatable bonds is 6. The molecular weight excluding hydrogens is 347 g/mol. The maximum absolute atomic E-state index is 12.4. The van der Waals surface area contributed by atoms with E-state index in [9.17, 15) is 4.79 Å². The van der Waals surface area contributed by atoms with Crippen molar-refractivity contribution >= 4 is 29.9 Å². The van der Waals surface area contributed by atoms with E-state index in [1.807, 2.05) is 49.4 Å².